The SMILES string of the molecule is C=C(C)CC/C=C(\C)c1ccc(C)c(-c2c(CCCCCC)ccc3c2CCC3=O)c1.CCC. The number of ketones is 1. The monoisotopic (exact) mass is 458 g/mol. The molecular weight excluding hydrogens is 412 g/mol. The Morgan fingerprint density at radius 3 is 2.38 bits per heavy atom. The Morgan fingerprint density at radius 2 is 1.71 bits per heavy atom. The molecule has 0 unspecified atom stereocenters. The van der Waals surface area contributed by atoms with Crippen molar-refractivity contribution in [3.8, 4) is 11.1 Å². The van der Waals surface area contributed by atoms with Gasteiger partial charge in [0.25, 0.3) is 0 Å². The Morgan fingerprint density at radius 1 is 0.971 bits per heavy atom. The minimum Gasteiger partial charge on any atom is -0.294 e. The lowest BCUT2D eigenvalue weighted by atomic mass is 9.86. The first-order chi connectivity index (χ1) is 16.3. The molecule has 2 aromatic carbocycles. The van der Waals surface area contributed by atoms with Gasteiger partial charge >= 0.3 is 0 Å². The van der Waals surface area contributed by atoms with Gasteiger partial charge in [0.15, 0.2) is 5.78 Å². The van der Waals surface area contributed by atoms with Gasteiger partial charge < -0.3 is 0 Å². The summed E-state index contributed by atoms with van der Waals surface area (Å²) in [5.41, 5.74) is 11.4. The highest BCUT2D eigenvalue weighted by Crippen LogP contribution is 2.38. The van der Waals surface area contributed by atoms with Crippen LogP contribution in [-0.2, 0) is 12.8 Å². The molecule has 0 amide bonds. The van der Waals surface area contributed by atoms with E-state index in [9.17, 15) is 4.79 Å². The van der Waals surface area contributed by atoms with Crippen LogP contribution in [-0.4, -0.2) is 5.78 Å². The number of hydrogen-bond donors (Lipinski definition) is 0. The minimum atomic E-state index is 0.304. The summed E-state index contributed by atoms with van der Waals surface area (Å²) < 4.78 is 0. The smallest absolute Gasteiger partial charge is 0.163 e. The number of fused-ring (bicyclic) bond motifs is 1. The molecule has 0 heterocycles. The molecule has 1 aliphatic rings. The zero-order valence-electron chi connectivity index (χ0n) is 22.7. The van der Waals surface area contributed by atoms with E-state index in [1.807, 2.05) is 0 Å². The van der Waals surface area contributed by atoms with E-state index in [2.05, 4.69) is 84.5 Å². The molecule has 0 saturated carbocycles. The number of carbonyl (C=O) groups is 1. The number of unbranched alkanes of at least 4 members (excludes halogenated alkanes) is 3. The van der Waals surface area contributed by atoms with Crippen LogP contribution in [0.25, 0.3) is 16.7 Å². The van der Waals surface area contributed by atoms with Crippen LogP contribution in [0.4, 0.5) is 0 Å². The molecule has 184 valence electrons. The highest BCUT2D eigenvalue weighted by molar-refractivity contribution is 6.03. The molecular formula is C33H46O. The van der Waals surface area contributed by atoms with E-state index in [0.29, 0.717) is 12.2 Å². The number of carbonyl (C=O) groups excluding carboxylic acids is 1. The Bertz CT molecular complexity index is 1010. The molecule has 3 rings (SSSR count). The largest absolute Gasteiger partial charge is 0.294 e. The van der Waals surface area contributed by atoms with Gasteiger partial charge in [-0.1, -0.05) is 82.4 Å². The highest BCUT2D eigenvalue weighted by Gasteiger charge is 2.25. The molecule has 0 radical (unpaired) electrons. The van der Waals surface area contributed by atoms with Crippen LogP contribution in [0.5, 0.6) is 0 Å². The van der Waals surface area contributed by atoms with Crippen LogP contribution in [0.1, 0.15) is 119 Å². The Hall–Kier alpha value is -2.41. The first-order valence-corrected chi connectivity index (χ1v) is 13.4. The summed E-state index contributed by atoms with van der Waals surface area (Å²) in [6.45, 7) is 17.0. The molecule has 0 aliphatic heterocycles. The first-order valence-electron chi connectivity index (χ1n) is 13.4. The second-order valence-electron chi connectivity index (χ2n) is 9.98. The predicted octanol–water partition coefficient (Wildman–Crippen LogP) is 10.1. The molecule has 2 aromatic rings. The summed E-state index contributed by atoms with van der Waals surface area (Å²) >= 11 is 0. The van der Waals surface area contributed by atoms with Crippen LogP contribution >= 0.6 is 0 Å². The average Bonchev–Trinajstić information content (AvgIpc) is 3.18. The van der Waals surface area contributed by atoms with Crippen molar-refractivity contribution in [1.82, 2.24) is 0 Å². The van der Waals surface area contributed by atoms with Crippen molar-refractivity contribution in [3.05, 3.63) is 76.4 Å². The fraction of sp³-hybridized carbons (Fsp3) is 0.485. The van der Waals surface area contributed by atoms with Crippen LogP contribution in [0, 0.1) is 6.92 Å². The Kier molecular flexibility index (Phi) is 11.5. The van der Waals surface area contributed by atoms with Gasteiger partial charge in [0.05, 0.1) is 0 Å². The lowest BCUT2D eigenvalue weighted by molar-refractivity contribution is 0.0994. The van der Waals surface area contributed by atoms with Gasteiger partial charge in [-0.25, -0.2) is 0 Å². The highest BCUT2D eigenvalue weighted by atomic mass is 16.1. The number of hydrogen-bond acceptors (Lipinski definition) is 1. The van der Waals surface area contributed by atoms with Crippen molar-refractivity contribution >= 4 is 11.4 Å². The summed E-state index contributed by atoms with van der Waals surface area (Å²) in [5.74, 6) is 0.304. The lowest BCUT2D eigenvalue weighted by Gasteiger charge is -2.18. The number of Topliss-reactive ketones (excluding diaryl/α,β-unsaturated/α-hetero) is 1. The third-order valence-electron chi connectivity index (χ3n) is 6.59. The molecule has 1 aliphatic carbocycles. The third kappa shape index (κ3) is 7.55. The molecule has 0 atom stereocenters. The van der Waals surface area contributed by atoms with E-state index >= 15 is 0 Å². The Balaban J connectivity index is 0.00000129. The van der Waals surface area contributed by atoms with Crippen LogP contribution < -0.4 is 0 Å². The maximum Gasteiger partial charge on any atom is 0.163 e. The van der Waals surface area contributed by atoms with E-state index in [1.54, 1.807) is 0 Å². The van der Waals surface area contributed by atoms with Crippen molar-refractivity contribution in [3.63, 3.8) is 0 Å². The van der Waals surface area contributed by atoms with Crippen molar-refractivity contribution in [1.29, 1.82) is 0 Å². The lowest BCUT2D eigenvalue weighted by Crippen LogP contribution is -2.00. The van der Waals surface area contributed by atoms with Crippen LogP contribution in [0.2, 0.25) is 0 Å². The molecule has 0 fully saturated rings. The first kappa shape index (κ1) is 27.8. The molecule has 0 bridgehead atoms. The molecule has 0 spiro atoms. The zero-order valence-corrected chi connectivity index (χ0v) is 22.7. The molecule has 0 N–H and O–H groups in total. The maximum absolute atomic E-state index is 12.5. The van der Waals surface area contributed by atoms with Crippen molar-refractivity contribution in [2.45, 2.75) is 106 Å². The van der Waals surface area contributed by atoms with Crippen molar-refractivity contribution < 1.29 is 4.79 Å². The van der Waals surface area contributed by atoms with Gasteiger partial charge in [0.2, 0.25) is 0 Å². The molecule has 1 nitrogen and oxygen atoms in total. The number of allylic oxidation sites excluding steroid dienone is 3. The molecule has 34 heavy (non-hydrogen) atoms. The predicted molar refractivity (Wildman–Crippen MR) is 151 cm³/mol. The van der Waals surface area contributed by atoms with E-state index in [-0.39, 0.29) is 0 Å². The van der Waals surface area contributed by atoms with E-state index in [1.165, 1.54) is 76.6 Å². The zero-order chi connectivity index (χ0) is 25.1. The van der Waals surface area contributed by atoms with Crippen LogP contribution in [0.3, 0.4) is 0 Å². The van der Waals surface area contributed by atoms with Gasteiger partial charge in [-0.05, 0) is 97.9 Å². The third-order valence-corrected chi connectivity index (χ3v) is 6.59. The van der Waals surface area contributed by atoms with E-state index in [0.717, 1.165) is 31.2 Å². The van der Waals surface area contributed by atoms with Crippen molar-refractivity contribution in [2.24, 2.45) is 0 Å². The average molecular weight is 459 g/mol. The molecule has 0 saturated heterocycles. The van der Waals surface area contributed by atoms with Gasteiger partial charge in [-0.3, -0.25) is 4.79 Å². The van der Waals surface area contributed by atoms with Crippen LogP contribution in [0.15, 0.2) is 48.6 Å². The fourth-order valence-electron chi connectivity index (χ4n) is 4.67. The van der Waals surface area contributed by atoms with Crippen molar-refractivity contribution in [2.75, 3.05) is 0 Å². The second kappa shape index (κ2) is 14.1. The normalized spacial score (nSPS) is 12.9. The molecule has 1 heteroatoms. The summed E-state index contributed by atoms with van der Waals surface area (Å²) in [7, 11) is 0. The summed E-state index contributed by atoms with van der Waals surface area (Å²) in [6, 6.07) is 11.2. The summed E-state index contributed by atoms with van der Waals surface area (Å²) in [5, 5.41) is 0. The standard InChI is InChI=1S/C30H38O.C3H8/c1-6-7-8-9-13-24-16-17-26-27(18-19-29(26)31)30(24)28-20-25(15-14-23(28)5)22(4)12-10-11-21(2)3;1-3-2/h12,14-17,20H,2,6-11,13,18-19H2,1,3-5H3;3H2,1-2H3/b22-12+;. The van der Waals surface area contributed by atoms with E-state index in [4.69, 9.17) is 0 Å². The second-order valence-corrected chi connectivity index (χ2v) is 9.98. The summed E-state index contributed by atoms with van der Waals surface area (Å²) in [6.07, 6.45) is 13.3. The van der Waals surface area contributed by atoms with E-state index < -0.39 is 0 Å². The summed E-state index contributed by atoms with van der Waals surface area (Å²) in [4.78, 5) is 12.5. The Labute approximate surface area is 209 Å². The fourth-order valence-corrected chi connectivity index (χ4v) is 4.67. The number of aryl methyl sites for hydroxylation is 2. The number of rotatable bonds is 10. The van der Waals surface area contributed by atoms with Gasteiger partial charge in [0.1, 0.15) is 0 Å². The topological polar surface area (TPSA) is 17.1 Å². The van der Waals surface area contributed by atoms with Gasteiger partial charge in [-0.15, -0.1) is 6.58 Å². The quantitative estimate of drug-likeness (QED) is 0.256. The van der Waals surface area contributed by atoms with Gasteiger partial charge in [-0.2, -0.15) is 0 Å². The number of benzene rings is 2. The van der Waals surface area contributed by atoms with Gasteiger partial charge in [0, 0.05) is 12.0 Å². The minimum absolute atomic E-state index is 0.304. The molecule has 0 aromatic heterocycles. The maximum atomic E-state index is 12.5.